The maximum atomic E-state index is 11.0. The van der Waals surface area contributed by atoms with Gasteiger partial charge in [-0.2, -0.15) is 0 Å². The smallest absolute Gasteiger partial charge is 0.208 e. The van der Waals surface area contributed by atoms with E-state index in [1.807, 2.05) is 0 Å². The second-order valence-corrected chi connectivity index (χ2v) is 7.72. The minimum absolute atomic E-state index is 0.508. The molecular weight excluding hydrogens is 284 g/mol. The normalized spacial score (nSPS) is 23.1. The Hall–Kier alpha value is -0.910. The number of sulfonamides is 1. The van der Waals surface area contributed by atoms with E-state index >= 15 is 0 Å². The van der Waals surface area contributed by atoms with Crippen molar-refractivity contribution in [3.8, 4) is 0 Å². The summed E-state index contributed by atoms with van der Waals surface area (Å²) in [6.07, 6.45) is 7.05. The van der Waals surface area contributed by atoms with Crippen LogP contribution in [0.3, 0.4) is 0 Å². The highest BCUT2D eigenvalue weighted by atomic mass is 32.2. The van der Waals surface area contributed by atoms with Crippen LogP contribution in [0.2, 0.25) is 0 Å². The molecule has 1 saturated carbocycles. The molecule has 21 heavy (non-hydrogen) atoms. The molecule has 0 aromatic heterocycles. The van der Waals surface area contributed by atoms with Crippen LogP contribution in [-0.4, -0.2) is 33.8 Å². The van der Waals surface area contributed by atoms with E-state index in [1.54, 1.807) is 0 Å². The van der Waals surface area contributed by atoms with Gasteiger partial charge in [0.2, 0.25) is 10.0 Å². The third kappa shape index (κ3) is 5.77. The Balaban J connectivity index is 1.80. The van der Waals surface area contributed by atoms with Crippen LogP contribution in [0.5, 0.6) is 0 Å². The third-order valence-electron chi connectivity index (χ3n) is 4.12. The Bertz CT molecular complexity index is 516. The van der Waals surface area contributed by atoms with Gasteiger partial charge in [-0.3, -0.25) is 0 Å². The van der Waals surface area contributed by atoms with Crippen LogP contribution in [0.25, 0.3) is 0 Å². The van der Waals surface area contributed by atoms with Gasteiger partial charge in [-0.1, -0.05) is 43.2 Å². The van der Waals surface area contributed by atoms with Crippen molar-refractivity contribution in [2.24, 2.45) is 0 Å². The second kappa shape index (κ2) is 7.92. The zero-order valence-electron chi connectivity index (χ0n) is 12.7. The number of hydrogen-bond donors (Lipinski definition) is 2. The Kier molecular flexibility index (Phi) is 6.21. The molecule has 0 amide bonds. The lowest BCUT2D eigenvalue weighted by atomic mass is 9.80. The summed E-state index contributed by atoms with van der Waals surface area (Å²) in [5.74, 6) is 0.586. The topological polar surface area (TPSA) is 58.2 Å². The monoisotopic (exact) mass is 310 g/mol. The first-order chi connectivity index (χ1) is 10.1. The van der Waals surface area contributed by atoms with Gasteiger partial charge in [-0.05, 0) is 37.3 Å². The molecule has 2 atom stereocenters. The van der Waals surface area contributed by atoms with Crippen molar-refractivity contribution in [2.75, 3.05) is 19.3 Å². The summed E-state index contributed by atoms with van der Waals surface area (Å²) in [7, 11) is -3.06. The molecule has 5 heteroatoms. The molecule has 0 heterocycles. The Morgan fingerprint density at radius 3 is 2.52 bits per heavy atom. The highest BCUT2D eigenvalue weighted by molar-refractivity contribution is 7.88. The maximum absolute atomic E-state index is 11.0. The average Bonchev–Trinajstić information content (AvgIpc) is 2.47. The molecule has 0 saturated heterocycles. The van der Waals surface area contributed by atoms with Crippen molar-refractivity contribution < 1.29 is 8.42 Å². The fourth-order valence-electron chi connectivity index (χ4n) is 3.11. The second-order valence-electron chi connectivity index (χ2n) is 5.88. The molecule has 2 unspecified atom stereocenters. The van der Waals surface area contributed by atoms with Crippen LogP contribution in [0, 0.1) is 0 Å². The average molecular weight is 310 g/mol. The van der Waals surface area contributed by atoms with Crippen LogP contribution in [0.4, 0.5) is 0 Å². The van der Waals surface area contributed by atoms with Crippen LogP contribution in [0.15, 0.2) is 30.3 Å². The summed E-state index contributed by atoms with van der Waals surface area (Å²) < 4.78 is 24.5. The van der Waals surface area contributed by atoms with E-state index in [2.05, 4.69) is 40.4 Å². The zero-order valence-corrected chi connectivity index (χ0v) is 13.5. The van der Waals surface area contributed by atoms with Crippen LogP contribution in [0.1, 0.15) is 43.6 Å². The fourth-order valence-corrected chi connectivity index (χ4v) is 3.62. The SMILES string of the molecule is CS(=O)(=O)NCCCNC1CCCCC1c1ccccc1. The van der Waals surface area contributed by atoms with E-state index in [1.165, 1.54) is 37.5 Å². The van der Waals surface area contributed by atoms with Gasteiger partial charge < -0.3 is 5.32 Å². The van der Waals surface area contributed by atoms with Crippen molar-refractivity contribution in [2.45, 2.75) is 44.1 Å². The van der Waals surface area contributed by atoms with E-state index in [9.17, 15) is 8.42 Å². The van der Waals surface area contributed by atoms with Gasteiger partial charge in [0.1, 0.15) is 0 Å². The lowest BCUT2D eigenvalue weighted by Crippen LogP contribution is -2.38. The highest BCUT2D eigenvalue weighted by Crippen LogP contribution is 2.32. The molecule has 1 fully saturated rings. The van der Waals surface area contributed by atoms with Crippen molar-refractivity contribution >= 4 is 10.0 Å². The number of benzene rings is 1. The Morgan fingerprint density at radius 2 is 1.81 bits per heavy atom. The molecule has 0 aliphatic heterocycles. The van der Waals surface area contributed by atoms with E-state index in [-0.39, 0.29) is 0 Å². The fraction of sp³-hybridized carbons (Fsp3) is 0.625. The molecule has 118 valence electrons. The van der Waals surface area contributed by atoms with Gasteiger partial charge in [-0.25, -0.2) is 13.1 Å². The first-order valence-electron chi connectivity index (χ1n) is 7.79. The van der Waals surface area contributed by atoms with E-state index in [0.717, 1.165) is 13.0 Å². The van der Waals surface area contributed by atoms with E-state index in [4.69, 9.17) is 0 Å². The third-order valence-corrected chi connectivity index (χ3v) is 4.85. The van der Waals surface area contributed by atoms with Gasteiger partial charge in [-0.15, -0.1) is 0 Å². The molecule has 1 aliphatic rings. The van der Waals surface area contributed by atoms with Crippen LogP contribution >= 0.6 is 0 Å². The van der Waals surface area contributed by atoms with Gasteiger partial charge in [0.25, 0.3) is 0 Å². The largest absolute Gasteiger partial charge is 0.313 e. The van der Waals surface area contributed by atoms with Crippen molar-refractivity contribution in [3.63, 3.8) is 0 Å². The molecule has 0 spiro atoms. The quantitative estimate of drug-likeness (QED) is 0.759. The molecule has 1 aromatic carbocycles. The minimum Gasteiger partial charge on any atom is -0.313 e. The van der Waals surface area contributed by atoms with Gasteiger partial charge in [0.05, 0.1) is 6.26 Å². The molecule has 4 nitrogen and oxygen atoms in total. The van der Waals surface area contributed by atoms with Gasteiger partial charge in [0, 0.05) is 12.6 Å². The molecule has 0 bridgehead atoms. The molecule has 1 aliphatic carbocycles. The predicted molar refractivity (Wildman–Crippen MR) is 86.9 cm³/mol. The molecule has 1 aromatic rings. The standard InChI is InChI=1S/C16H26N2O2S/c1-21(19,20)18-13-7-12-17-16-11-6-5-10-15(16)14-8-3-2-4-9-14/h2-4,8-9,15-18H,5-7,10-13H2,1H3. The summed E-state index contributed by atoms with van der Waals surface area (Å²) in [5, 5.41) is 3.62. The lowest BCUT2D eigenvalue weighted by Gasteiger charge is -2.33. The molecule has 2 N–H and O–H groups in total. The highest BCUT2D eigenvalue weighted by Gasteiger charge is 2.25. The maximum Gasteiger partial charge on any atom is 0.208 e. The number of rotatable bonds is 7. The van der Waals surface area contributed by atoms with Crippen molar-refractivity contribution in [1.82, 2.24) is 10.0 Å². The van der Waals surface area contributed by atoms with Gasteiger partial charge >= 0.3 is 0 Å². The summed E-state index contributed by atoms with van der Waals surface area (Å²) in [5.41, 5.74) is 1.42. The molecule has 2 rings (SSSR count). The van der Waals surface area contributed by atoms with E-state index in [0.29, 0.717) is 18.5 Å². The lowest BCUT2D eigenvalue weighted by molar-refractivity contribution is 0.327. The summed E-state index contributed by atoms with van der Waals surface area (Å²) in [6.45, 7) is 1.37. The van der Waals surface area contributed by atoms with Gasteiger partial charge in [0.15, 0.2) is 0 Å². The minimum atomic E-state index is -3.06. The zero-order chi connectivity index (χ0) is 15.1. The van der Waals surface area contributed by atoms with Crippen molar-refractivity contribution in [1.29, 1.82) is 0 Å². The van der Waals surface area contributed by atoms with E-state index < -0.39 is 10.0 Å². The summed E-state index contributed by atoms with van der Waals surface area (Å²) in [4.78, 5) is 0. The van der Waals surface area contributed by atoms with Crippen LogP contribution in [-0.2, 0) is 10.0 Å². The molecule has 0 radical (unpaired) electrons. The summed E-state index contributed by atoms with van der Waals surface area (Å²) in [6, 6.07) is 11.2. The van der Waals surface area contributed by atoms with Crippen molar-refractivity contribution in [3.05, 3.63) is 35.9 Å². The summed E-state index contributed by atoms with van der Waals surface area (Å²) >= 11 is 0. The number of nitrogens with one attached hydrogen (secondary N) is 2. The first-order valence-corrected chi connectivity index (χ1v) is 9.68. The Morgan fingerprint density at radius 1 is 1.10 bits per heavy atom. The predicted octanol–water partition coefficient (Wildman–Crippen LogP) is 2.24. The van der Waals surface area contributed by atoms with Crippen LogP contribution < -0.4 is 10.0 Å². The Labute approximate surface area is 128 Å². The number of hydrogen-bond acceptors (Lipinski definition) is 3. The molecular formula is C16H26N2O2S. The first kappa shape index (κ1) is 16.5.